The van der Waals surface area contributed by atoms with Crippen molar-refractivity contribution in [3.05, 3.63) is 25.4 Å². The minimum absolute atomic E-state index is 1.18. The highest BCUT2D eigenvalue weighted by molar-refractivity contribution is 4.93. The van der Waals surface area contributed by atoms with E-state index in [1.807, 2.05) is 0 Å². The van der Waals surface area contributed by atoms with E-state index in [0.29, 0.717) is 0 Å². The summed E-state index contributed by atoms with van der Waals surface area (Å²) in [5.41, 5.74) is 4.61. The highest BCUT2D eigenvalue weighted by Gasteiger charge is 1.34. The highest BCUT2D eigenvalue weighted by atomic mass is 14.5. The third-order valence-electron chi connectivity index (χ3n) is 0.0913. The fraction of sp³-hybridized carbons (Fsp3) is 0. The molecule has 0 fully saturated rings. The lowest BCUT2D eigenvalue weighted by Crippen LogP contribution is -1.67. The molecule has 0 rings (SSSR count). The standard InChI is InChI=1S/C3H3N.C2H5N/c1-2-3-4;1-2-3/h2H,1H2;2H,1,3H2. The van der Waals surface area contributed by atoms with Gasteiger partial charge in [-0.1, -0.05) is 13.2 Å². The molecule has 0 aromatic carbocycles. The second kappa shape index (κ2) is 21.6. The van der Waals surface area contributed by atoms with Crippen molar-refractivity contribution in [3.63, 3.8) is 0 Å². The minimum atomic E-state index is 1.18. The summed E-state index contributed by atoms with van der Waals surface area (Å²) >= 11 is 0. The highest BCUT2D eigenvalue weighted by Crippen LogP contribution is 1.41. The van der Waals surface area contributed by atoms with Gasteiger partial charge in [0.1, 0.15) is 0 Å². The van der Waals surface area contributed by atoms with Crippen molar-refractivity contribution < 1.29 is 0 Å². The van der Waals surface area contributed by atoms with Crippen LogP contribution in [0.5, 0.6) is 0 Å². The van der Waals surface area contributed by atoms with Crippen molar-refractivity contribution in [1.29, 1.82) is 5.26 Å². The van der Waals surface area contributed by atoms with E-state index in [9.17, 15) is 0 Å². The van der Waals surface area contributed by atoms with Crippen LogP contribution in [0, 0.1) is 11.3 Å². The van der Waals surface area contributed by atoms with Gasteiger partial charge in [-0.05, 0) is 6.20 Å². The maximum atomic E-state index is 7.51. The van der Waals surface area contributed by atoms with Gasteiger partial charge in [-0.2, -0.15) is 5.26 Å². The average Bonchev–Trinajstić information content (AvgIpc) is 1.69. The molecule has 0 aromatic rings. The van der Waals surface area contributed by atoms with Crippen LogP contribution in [0.4, 0.5) is 0 Å². The van der Waals surface area contributed by atoms with Crippen LogP contribution >= 0.6 is 0 Å². The molecule has 7 heavy (non-hydrogen) atoms. The molecule has 0 aliphatic rings. The zero-order chi connectivity index (χ0) is 6.12. The van der Waals surface area contributed by atoms with Crippen LogP contribution in [-0.4, -0.2) is 0 Å². The summed E-state index contributed by atoms with van der Waals surface area (Å²) in [4.78, 5) is 0. The topological polar surface area (TPSA) is 49.8 Å². The Morgan fingerprint density at radius 1 is 1.57 bits per heavy atom. The number of allylic oxidation sites excluding steroid dienone is 1. The van der Waals surface area contributed by atoms with Crippen molar-refractivity contribution >= 4 is 0 Å². The predicted octanol–water partition coefficient (Wildman–Crippen LogP) is 0.785. The SMILES string of the molecule is C=CC#N.C=CN. The van der Waals surface area contributed by atoms with Crippen LogP contribution in [0.1, 0.15) is 0 Å². The first-order valence-corrected chi connectivity index (χ1v) is 1.66. The molecule has 0 amide bonds. The number of hydrogen-bond acceptors (Lipinski definition) is 2. The Labute approximate surface area is 43.6 Å². The number of nitriles is 1. The maximum absolute atomic E-state index is 7.51. The summed E-state index contributed by atoms with van der Waals surface area (Å²) in [6, 6.07) is 1.69. The molecule has 0 unspecified atom stereocenters. The van der Waals surface area contributed by atoms with Gasteiger partial charge in [0.2, 0.25) is 0 Å². The van der Waals surface area contributed by atoms with Gasteiger partial charge in [0.05, 0.1) is 6.07 Å². The Morgan fingerprint density at radius 3 is 1.71 bits per heavy atom. The van der Waals surface area contributed by atoms with E-state index in [2.05, 4.69) is 18.9 Å². The second-order valence-corrected chi connectivity index (χ2v) is 0.569. The average molecular weight is 96.1 g/mol. The largest absolute Gasteiger partial charge is 0.405 e. The smallest absolute Gasteiger partial charge is 0.0905 e. The first-order valence-electron chi connectivity index (χ1n) is 1.66. The fourth-order valence-corrected chi connectivity index (χ4v) is 0. The molecule has 0 aliphatic carbocycles. The summed E-state index contributed by atoms with van der Waals surface area (Å²) in [5, 5.41) is 7.51. The van der Waals surface area contributed by atoms with E-state index < -0.39 is 0 Å². The molecule has 0 aromatic heterocycles. The molecule has 2 nitrogen and oxygen atoms in total. The van der Waals surface area contributed by atoms with Crippen LogP contribution in [0.2, 0.25) is 0 Å². The molecule has 0 radical (unpaired) electrons. The molecule has 0 heterocycles. The van der Waals surface area contributed by atoms with E-state index in [4.69, 9.17) is 5.26 Å². The number of rotatable bonds is 0. The van der Waals surface area contributed by atoms with Gasteiger partial charge in [0.15, 0.2) is 0 Å². The first-order chi connectivity index (χ1) is 3.33. The third-order valence-corrected chi connectivity index (χ3v) is 0.0913. The predicted molar refractivity (Wildman–Crippen MR) is 30.2 cm³/mol. The molecule has 0 saturated carbocycles. The molecule has 2 heteroatoms. The van der Waals surface area contributed by atoms with E-state index in [-0.39, 0.29) is 0 Å². The first kappa shape index (κ1) is 9.24. The molecule has 0 atom stereocenters. The fourth-order valence-electron chi connectivity index (χ4n) is 0. The van der Waals surface area contributed by atoms with Crippen LogP contribution in [0.25, 0.3) is 0 Å². The Hall–Kier alpha value is -1.23. The van der Waals surface area contributed by atoms with E-state index in [1.165, 1.54) is 12.3 Å². The van der Waals surface area contributed by atoms with Crippen molar-refractivity contribution in [2.45, 2.75) is 0 Å². The van der Waals surface area contributed by atoms with Crippen LogP contribution < -0.4 is 5.73 Å². The molecule has 38 valence electrons. The van der Waals surface area contributed by atoms with Gasteiger partial charge in [0, 0.05) is 6.08 Å². The molecule has 0 aliphatic heterocycles. The zero-order valence-corrected chi connectivity index (χ0v) is 4.09. The van der Waals surface area contributed by atoms with Crippen molar-refractivity contribution in [2.75, 3.05) is 0 Å². The van der Waals surface area contributed by atoms with Gasteiger partial charge < -0.3 is 5.73 Å². The Balaban J connectivity index is 0. The van der Waals surface area contributed by atoms with Crippen LogP contribution in [0.15, 0.2) is 25.4 Å². The van der Waals surface area contributed by atoms with Crippen molar-refractivity contribution in [1.82, 2.24) is 0 Å². The molecule has 0 spiro atoms. The quantitative estimate of drug-likeness (QED) is 0.453. The molecular formula is C5H8N2. The lowest BCUT2D eigenvalue weighted by atomic mass is 10.8. The summed E-state index contributed by atoms with van der Waals surface area (Å²) in [6.07, 6.45) is 2.43. The monoisotopic (exact) mass is 96.1 g/mol. The summed E-state index contributed by atoms with van der Waals surface area (Å²) in [5.74, 6) is 0. The maximum Gasteiger partial charge on any atom is 0.0905 e. The minimum Gasteiger partial charge on any atom is -0.405 e. The van der Waals surface area contributed by atoms with E-state index in [0.717, 1.165) is 0 Å². The second-order valence-electron chi connectivity index (χ2n) is 0.569. The third kappa shape index (κ3) is 692. The van der Waals surface area contributed by atoms with E-state index in [1.54, 1.807) is 6.07 Å². The number of nitrogens with two attached hydrogens (primary N) is 1. The Kier molecular flexibility index (Phi) is 28.6. The molecule has 2 N–H and O–H groups in total. The number of nitrogens with zero attached hydrogens (tertiary/aromatic N) is 1. The van der Waals surface area contributed by atoms with Crippen LogP contribution in [0.3, 0.4) is 0 Å². The van der Waals surface area contributed by atoms with Crippen LogP contribution in [-0.2, 0) is 0 Å². The van der Waals surface area contributed by atoms with Gasteiger partial charge in [-0.15, -0.1) is 0 Å². The summed E-state index contributed by atoms with van der Waals surface area (Å²) in [6.45, 7) is 6.26. The number of hydrogen-bond donors (Lipinski definition) is 1. The van der Waals surface area contributed by atoms with Gasteiger partial charge >= 0.3 is 0 Å². The van der Waals surface area contributed by atoms with Crippen molar-refractivity contribution in [2.24, 2.45) is 5.73 Å². The molecule has 0 saturated heterocycles. The molecular weight excluding hydrogens is 88.1 g/mol. The van der Waals surface area contributed by atoms with E-state index >= 15 is 0 Å². The Bertz CT molecular complexity index is 78.6. The molecule has 0 bridgehead atoms. The van der Waals surface area contributed by atoms with Gasteiger partial charge in [-0.25, -0.2) is 0 Å². The lowest BCUT2D eigenvalue weighted by molar-refractivity contribution is 1.54. The normalized spacial score (nSPS) is 3.86. The van der Waals surface area contributed by atoms with Gasteiger partial charge in [-0.3, -0.25) is 0 Å². The summed E-state index contributed by atoms with van der Waals surface area (Å²) in [7, 11) is 0. The summed E-state index contributed by atoms with van der Waals surface area (Å²) < 4.78 is 0. The van der Waals surface area contributed by atoms with Crippen molar-refractivity contribution in [3.8, 4) is 6.07 Å². The zero-order valence-electron chi connectivity index (χ0n) is 4.09. The lowest BCUT2D eigenvalue weighted by Gasteiger charge is -1.40. The Morgan fingerprint density at radius 2 is 1.71 bits per heavy atom. The van der Waals surface area contributed by atoms with Gasteiger partial charge in [0.25, 0.3) is 0 Å².